The highest BCUT2D eigenvalue weighted by Gasteiger charge is 2.10. The van der Waals surface area contributed by atoms with Gasteiger partial charge in [0.1, 0.15) is 0 Å². The number of thiophene rings is 2. The molecule has 0 bridgehead atoms. The third kappa shape index (κ3) is 1.39. The smallest absolute Gasteiger partial charge is 0.0494 e. The van der Waals surface area contributed by atoms with Crippen LogP contribution in [0.5, 0.6) is 0 Å². The van der Waals surface area contributed by atoms with Crippen LogP contribution >= 0.6 is 54.5 Å². The molecule has 0 N–H and O–H groups in total. The second-order valence-electron chi connectivity index (χ2n) is 2.39. The van der Waals surface area contributed by atoms with Gasteiger partial charge in [0.2, 0.25) is 0 Å². The molecule has 0 radical (unpaired) electrons. The first-order valence-corrected chi connectivity index (χ1v) is 7.40. The van der Waals surface area contributed by atoms with E-state index in [1.807, 2.05) is 22.7 Å². The van der Waals surface area contributed by atoms with E-state index in [2.05, 4.69) is 43.3 Å². The molecule has 0 atom stereocenters. The van der Waals surface area contributed by atoms with Gasteiger partial charge in [-0.05, 0) is 17.0 Å². The van der Waals surface area contributed by atoms with Crippen molar-refractivity contribution in [2.45, 2.75) is 10.7 Å². The molecular formula is C8H6Br2S2. The summed E-state index contributed by atoms with van der Waals surface area (Å²) in [6.07, 6.45) is 0. The second-order valence-corrected chi connectivity index (χ2v) is 5.56. The Morgan fingerprint density at radius 1 is 1.25 bits per heavy atom. The maximum atomic E-state index is 3.53. The Morgan fingerprint density at radius 2 is 2.08 bits per heavy atom. The minimum absolute atomic E-state index is 0.967. The van der Waals surface area contributed by atoms with Crippen LogP contribution in [-0.2, 0) is 10.7 Å². The molecule has 2 aromatic heterocycles. The highest BCUT2D eigenvalue weighted by Crippen LogP contribution is 2.37. The lowest BCUT2D eigenvalue weighted by molar-refractivity contribution is 1.43. The maximum Gasteiger partial charge on any atom is 0.0494 e. The van der Waals surface area contributed by atoms with E-state index in [1.54, 1.807) is 0 Å². The first-order valence-electron chi connectivity index (χ1n) is 3.46. The third-order valence-corrected chi connectivity index (χ3v) is 5.52. The van der Waals surface area contributed by atoms with Gasteiger partial charge in [-0.1, -0.05) is 31.9 Å². The van der Waals surface area contributed by atoms with Crippen LogP contribution in [0.25, 0.3) is 9.40 Å². The van der Waals surface area contributed by atoms with Crippen LogP contribution in [-0.4, -0.2) is 0 Å². The number of alkyl halides is 2. The Kier molecular flexibility index (Phi) is 2.89. The molecule has 0 saturated carbocycles. The van der Waals surface area contributed by atoms with Crippen LogP contribution in [0.1, 0.15) is 10.4 Å². The fourth-order valence-electron chi connectivity index (χ4n) is 1.16. The fourth-order valence-corrected chi connectivity index (χ4v) is 5.09. The average molecular weight is 326 g/mol. The first kappa shape index (κ1) is 9.19. The monoisotopic (exact) mass is 324 g/mol. The normalized spacial score (nSPS) is 11.2. The Labute approximate surface area is 95.9 Å². The summed E-state index contributed by atoms with van der Waals surface area (Å²) >= 11 is 10.8. The van der Waals surface area contributed by atoms with Gasteiger partial charge in [0.25, 0.3) is 0 Å². The molecule has 2 rings (SSSR count). The number of halogens is 2. The van der Waals surface area contributed by atoms with Crippen molar-refractivity contribution in [1.82, 2.24) is 0 Å². The molecule has 0 aliphatic carbocycles. The predicted octanol–water partition coefficient (Wildman–Crippen LogP) is 4.75. The highest BCUT2D eigenvalue weighted by molar-refractivity contribution is 9.09. The predicted molar refractivity (Wildman–Crippen MR) is 65.0 cm³/mol. The molecule has 0 amide bonds. The van der Waals surface area contributed by atoms with E-state index in [4.69, 9.17) is 0 Å². The zero-order chi connectivity index (χ0) is 8.55. The van der Waals surface area contributed by atoms with E-state index < -0.39 is 0 Å². The lowest BCUT2D eigenvalue weighted by Crippen LogP contribution is -1.77. The zero-order valence-electron chi connectivity index (χ0n) is 6.14. The van der Waals surface area contributed by atoms with Crippen LogP contribution in [0, 0.1) is 0 Å². The van der Waals surface area contributed by atoms with Gasteiger partial charge in [0.05, 0.1) is 0 Å². The van der Waals surface area contributed by atoms with E-state index >= 15 is 0 Å². The molecule has 2 heterocycles. The molecule has 0 spiro atoms. The third-order valence-electron chi connectivity index (χ3n) is 1.73. The molecule has 0 unspecified atom stereocenters. The molecule has 0 aliphatic heterocycles. The van der Waals surface area contributed by atoms with Gasteiger partial charge >= 0.3 is 0 Å². The van der Waals surface area contributed by atoms with Gasteiger partial charge in [-0.25, -0.2) is 0 Å². The van der Waals surface area contributed by atoms with Crippen molar-refractivity contribution in [2.24, 2.45) is 0 Å². The van der Waals surface area contributed by atoms with E-state index in [-0.39, 0.29) is 0 Å². The van der Waals surface area contributed by atoms with Crippen LogP contribution in [0.4, 0.5) is 0 Å². The number of rotatable bonds is 2. The van der Waals surface area contributed by atoms with Crippen molar-refractivity contribution in [3.8, 4) is 0 Å². The average Bonchev–Trinajstić information content (AvgIpc) is 2.61. The van der Waals surface area contributed by atoms with Crippen LogP contribution in [0.3, 0.4) is 0 Å². The molecular weight excluding hydrogens is 320 g/mol. The van der Waals surface area contributed by atoms with E-state index in [0.29, 0.717) is 0 Å². The highest BCUT2D eigenvalue weighted by atomic mass is 79.9. The lowest BCUT2D eigenvalue weighted by atomic mass is 10.3. The fraction of sp³-hybridized carbons (Fsp3) is 0.250. The quantitative estimate of drug-likeness (QED) is 0.699. The summed E-state index contributed by atoms with van der Waals surface area (Å²) in [5.74, 6) is 0. The zero-order valence-corrected chi connectivity index (χ0v) is 10.9. The molecule has 0 nitrogen and oxygen atoms in total. The molecule has 4 heteroatoms. The van der Waals surface area contributed by atoms with Crippen molar-refractivity contribution >= 4 is 63.9 Å². The molecule has 12 heavy (non-hydrogen) atoms. The molecule has 0 aromatic carbocycles. The van der Waals surface area contributed by atoms with Gasteiger partial charge in [-0.2, -0.15) is 0 Å². The van der Waals surface area contributed by atoms with Gasteiger partial charge in [-0.3, -0.25) is 0 Å². The van der Waals surface area contributed by atoms with Gasteiger partial charge in [0, 0.05) is 24.9 Å². The summed E-state index contributed by atoms with van der Waals surface area (Å²) in [4.78, 5) is 1.45. The summed E-state index contributed by atoms with van der Waals surface area (Å²) in [7, 11) is 0. The van der Waals surface area contributed by atoms with Crippen molar-refractivity contribution in [1.29, 1.82) is 0 Å². The van der Waals surface area contributed by atoms with Crippen molar-refractivity contribution in [2.75, 3.05) is 0 Å². The Balaban J connectivity index is 2.70. The molecule has 0 saturated heterocycles. The SMILES string of the molecule is BrCc1sc2ccsc2c1CBr. The Morgan fingerprint density at radius 3 is 2.75 bits per heavy atom. The summed E-state index contributed by atoms with van der Waals surface area (Å²) in [6.45, 7) is 0. The molecule has 0 fully saturated rings. The molecule has 64 valence electrons. The van der Waals surface area contributed by atoms with E-state index in [9.17, 15) is 0 Å². The summed E-state index contributed by atoms with van der Waals surface area (Å²) in [6, 6.07) is 2.20. The summed E-state index contributed by atoms with van der Waals surface area (Å²) < 4.78 is 2.87. The van der Waals surface area contributed by atoms with Crippen molar-refractivity contribution in [3.05, 3.63) is 21.9 Å². The van der Waals surface area contributed by atoms with Crippen molar-refractivity contribution < 1.29 is 0 Å². The minimum atomic E-state index is 0.967. The summed E-state index contributed by atoms with van der Waals surface area (Å²) in [5, 5.41) is 4.10. The van der Waals surface area contributed by atoms with Crippen LogP contribution in [0.2, 0.25) is 0 Å². The topological polar surface area (TPSA) is 0 Å². The standard InChI is InChI=1S/C8H6Br2S2/c9-3-5-7(4-10)12-6-1-2-11-8(5)6/h1-2H,3-4H2. The molecule has 0 aliphatic rings. The Bertz CT molecular complexity index is 389. The Hall–Kier alpha value is 0.620. The first-order chi connectivity index (χ1) is 5.86. The van der Waals surface area contributed by atoms with E-state index in [0.717, 1.165) is 10.7 Å². The van der Waals surface area contributed by atoms with E-state index in [1.165, 1.54) is 19.8 Å². The number of hydrogen-bond donors (Lipinski definition) is 0. The number of hydrogen-bond acceptors (Lipinski definition) is 2. The van der Waals surface area contributed by atoms with Crippen molar-refractivity contribution in [3.63, 3.8) is 0 Å². The minimum Gasteiger partial charge on any atom is -0.143 e. The second kappa shape index (κ2) is 3.78. The maximum absolute atomic E-state index is 3.53. The van der Waals surface area contributed by atoms with Crippen LogP contribution < -0.4 is 0 Å². The number of fused-ring (bicyclic) bond motifs is 1. The van der Waals surface area contributed by atoms with Gasteiger partial charge < -0.3 is 0 Å². The van der Waals surface area contributed by atoms with Gasteiger partial charge in [-0.15, -0.1) is 22.7 Å². The largest absolute Gasteiger partial charge is 0.143 e. The summed E-state index contributed by atoms with van der Waals surface area (Å²) in [5.41, 5.74) is 1.46. The van der Waals surface area contributed by atoms with Crippen LogP contribution in [0.15, 0.2) is 11.4 Å². The lowest BCUT2D eigenvalue weighted by Gasteiger charge is -1.93. The molecule has 2 aromatic rings. The van der Waals surface area contributed by atoms with Gasteiger partial charge in [0.15, 0.2) is 0 Å².